The van der Waals surface area contributed by atoms with Crippen LogP contribution in [0, 0.1) is 0 Å². The number of carbonyl (C=O) groups excluding carboxylic acids is 1. The number of esters is 1. The molecule has 0 aliphatic carbocycles. The second-order valence-electron chi connectivity index (χ2n) is 5.59. The van der Waals surface area contributed by atoms with Crippen LogP contribution in [0.4, 0.5) is 0 Å². The monoisotopic (exact) mass is 438 g/mol. The van der Waals surface area contributed by atoms with E-state index >= 15 is 0 Å². The molecule has 0 N–H and O–H groups in total. The second kappa shape index (κ2) is 11.7. The van der Waals surface area contributed by atoms with Gasteiger partial charge in [-0.3, -0.25) is 13.6 Å². The lowest BCUT2D eigenvalue weighted by Gasteiger charge is -2.16. The molecule has 29 heavy (non-hydrogen) atoms. The highest BCUT2D eigenvalue weighted by atomic mass is 32.1. The van der Waals surface area contributed by atoms with Crippen LogP contribution in [-0.2, 0) is 36.1 Å². The Kier molecular flexibility index (Phi) is 9.31. The standard InChI is InChI=1S/C20H23O7PS/c1-4-11-25-28(22,26-12-5-2)27-15-17-10-13-29-19(17)20(21)24-14-16-6-8-18(23-3)9-7-16/h4-10,13H,1-2,11-12,14-15H2,3H3. The summed E-state index contributed by atoms with van der Waals surface area (Å²) in [6, 6.07) is 8.90. The highest BCUT2D eigenvalue weighted by molar-refractivity contribution is 7.48. The van der Waals surface area contributed by atoms with Gasteiger partial charge >= 0.3 is 13.8 Å². The van der Waals surface area contributed by atoms with Gasteiger partial charge in [0, 0.05) is 5.56 Å². The van der Waals surface area contributed by atoms with Gasteiger partial charge in [0.15, 0.2) is 0 Å². The molecular formula is C20H23O7PS. The fourth-order valence-electron chi connectivity index (χ4n) is 2.11. The van der Waals surface area contributed by atoms with Crippen molar-refractivity contribution in [3.8, 4) is 5.75 Å². The number of hydrogen-bond donors (Lipinski definition) is 0. The zero-order valence-electron chi connectivity index (χ0n) is 16.1. The number of carbonyl (C=O) groups is 1. The molecule has 0 bridgehead atoms. The van der Waals surface area contributed by atoms with Crippen molar-refractivity contribution in [1.29, 1.82) is 0 Å². The molecule has 0 saturated carbocycles. The van der Waals surface area contributed by atoms with Crippen LogP contribution >= 0.6 is 19.2 Å². The Labute approximate surface area is 174 Å². The van der Waals surface area contributed by atoms with Gasteiger partial charge in [0.2, 0.25) is 0 Å². The van der Waals surface area contributed by atoms with Crippen molar-refractivity contribution in [3.63, 3.8) is 0 Å². The third-order valence-corrected chi connectivity index (χ3v) is 5.85. The Bertz CT molecular complexity index is 844. The first kappa shape index (κ1) is 23.1. The van der Waals surface area contributed by atoms with Crippen molar-refractivity contribution in [2.45, 2.75) is 13.2 Å². The molecule has 1 aromatic heterocycles. The highest BCUT2D eigenvalue weighted by Gasteiger charge is 2.27. The van der Waals surface area contributed by atoms with Crippen molar-refractivity contribution < 1.29 is 32.4 Å². The fraction of sp³-hybridized carbons (Fsp3) is 0.250. The summed E-state index contributed by atoms with van der Waals surface area (Å²) in [4.78, 5) is 12.8. The van der Waals surface area contributed by atoms with Gasteiger partial charge in [-0.1, -0.05) is 24.3 Å². The average Bonchev–Trinajstić information content (AvgIpc) is 3.22. The minimum atomic E-state index is -3.82. The molecule has 0 saturated heterocycles. The van der Waals surface area contributed by atoms with E-state index in [4.69, 9.17) is 23.0 Å². The van der Waals surface area contributed by atoms with Gasteiger partial charge in [-0.25, -0.2) is 9.36 Å². The zero-order chi connectivity index (χ0) is 21.1. The van der Waals surface area contributed by atoms with Crippen LogP contribution in [0.15, 0.2) is 61.0 Å². The van der Waals surface area contributed by atoms with E-state index < -0.39 is 13.8 Å². The van der Waals surface area contributed by atoms with Crippen molar-refractivity contribution in [2.75, 3.05) is 20.3 Å². The molecule has 0 fully saturated rings. The number of thiophene rings is 1. The summed E-state index contributed by atoms with van der Waals surface area (Å²) in [6.45, 7) is 6.97. The lowest BCUT2D eigenvalue weighted by molar-refractivity contribution is 0.0474. The number of benzene rings is 1. The van der Waals surface area contributed by atoms with E-state index in [0.717, 1.165) is 11.3 Å². The predicted octanol–water partition coefficient (Wildman–Crippen LogP) is 5.14. The molecule has 0 aliphatic rings. The van der Waals surface area contributed by atoms with E-state index in [1.54, 1.807) is 30.7 Å². The average molecular weight is 438 g/mol. The first-order valence-electron chi connectivity index (χ1n) is 8.63. The van der Waals surface area contributed by atoms with Crippen LogP contribution in [0.25, 0.3) is 0 Å². The third-order valence-electron chi connectivity index (χ3n) is 3.54. The summed E-state index contributed by atoms with van der Waals surface area (Å²) in [6.07, 6.45) is 2.86. The van der Waals surface area contributed by atoms with E-state index in [9.17, 15) is 9.36 Å². The van der Waals surface area contributed by atoms with Gasteiger partial charge in [0.25, 0.3) is 0 Å². The number of phosphoric acid groups is 1. The van der Waals surface area contributed by atoms with Crippen molar-refractivity contribution in [2.24, 2.45) is 0 Å². The summed E-state index contributed by atoms with van der Waals surface area (Å²) in [7, 11) is -2.23. The number of ether oxygens (including phenoxy) is 2. The largest absolute Gasteiger partial charge is 0.497 e. The predicted molar refractivity (Wildman–Crippen MR) is 111 cm³/mol. The highest BCUT2D eigenvalue weighted by Crippen LogP contribution is 2.50. The van der Waals surface area contributed by atoms with E-state index in [-0.39, 0.29) is 26.4 Å². The Morgan fingerprint density at radius 2 is 1.69 bits per heavy atom. The fourth-order valence-corrected chi connectivity index (χ4v) is 4.01. The van der Waals surface area contributed by atoms with E-state index in [1.807, 2.05) is 12.1 Å². The summed E-state index contributed by atoms with van der Waals surface area (Å²) >= 11 is 1.21. The Morgan fingerprint density at radius 3 is 2.28 bits per heavy atom. The Balaban J connectivity index is 1.97. The molecule has 7 nitrogen and oxygen atoms in total. The zero-order valence-corrected chi connectivity index (χ0v) is 17.8. The van der Waals surface area contributed by atoms with Crippen LogP contribution in [0.1, 0.15) is 20.8 Å². The number of rotatable bonds is 13. The van der Waals surface area contributed by atoms with Gasteiger partial charge in [-0.2, -0.15) is 0 Å². The molecular weight excluding hydrogens is 415 g/mol. The van der Waals surface area contributed by atoms with Crippen LogP contribution in [0.2, 0.25) is 0 Å². The molecule has 0 aliphatic heterocycles. The molecule has 1 aromatic carbocycles. The summed E-state index contributed by atoms with van der Waals surface area (Å²) < 4.78 is 38.7. The Hall–Kier alpha value is -2.22. The van der Waals surface area contributed by atoms with E-state index in [2.05, 4.69) is 13.2 Å². The molecule has 156 valence electrons. The molecule has 2 rings (SSSR count). The minimum Gasteiger partial charge on any atom is -0.497 e. The van der Waals surface area contributed by atoms with Crippen LogP contribution in [0.3, 0.4) is 0 Å². The molecule has 0 atom stereocenters. The normalized spacial score (nSPS) is 11.1. The van der Waals surface area contributed by atoms with Crippen molar-refractivity contribution >= 4 is 25.1 Å². The minimum absolute atomic E-state index is 0.00514. The maximum absolute atomic E-state index is 12.6. The Morgan fingerprint density at radius 1 is 1.03 bits per heavy atom. The van der Waals surface area contributed by atoms with Crippen molar-refractivity contribution in [1.82, 2.24) is 0 Å². The molecule has 2 aromatic rings. The number of hydrogen-bond acceptors (Lipinski definition) is 8. The summed E-state index contributed by atoms with van der Waals surface area (Å²) in [5.74, 6) is 0.225. The molecule has 0 spiro atoms. The smallest absolute Gasteiger partial charge is 0.475 e. The molecule has 0 amide bonds. The summed E-state index contributed by atoms with van der Waals surface area (Å²) in [5.41, 5.74) is 1.35. The maximum atomic E-state index is 12.6. The molecule has 1 heterocycles. The SMILES string of the molecule is C=CCOP(=O)(OCC=C)OCc1ccsc1C(=O)OCc1ccc(OC)cc1. The first-order valence-corrected chi connectivity index (χ1v) is 11.0. The van der Waals surface area contributed by atoms with Crippen LogP contribution in [-0.4, -0.2) is 26.3 Å². The lowest BCUT2D eigenvalue weighted by Crippen LogP contribution is -2.07. The van der Waals surface area contributed by atoms with E-state index in [1.165, 1.54) is 23.5 Å². The first-order chi connectivity index (χ1) is 14.0. The van der Waals surface area contributed by atoms with Gasteiger partial charge in [0.05, 0.1) is 26.9 Å². The van der Waals surface area contributed by atoms with Gasteiger partial charge in [0.1, 0.15) is 17.2 Å². The third kappa shape index (κ3) is 7.27. The van der Waals surface area contributed by atoms with Gasteiger partial charge < -0.3 is 9.47 Å². The van der Waals surface area contributed by atoms with Gasteiger partial charge in [-0.05, 0) is 29.1 Å². The molecule has 9 heteroatoms. The lowest BCUT2D eigenvalue weighted by atomic mass is 10.2. The van der Waals surface area contributed by atoms with E-state index in [0.29, 0.717) is 10.4 Å². The topological polar surface area (TPSA) is 80.3 Å². The van der Waals surface area contributed by atoms with Gasteiger partial charge in [-0.15, -0.1) is 24.5 Å². The second-order valence-corrected chi connectivity index (χ2v) is 8.17. The maximum Gasteiger partial charge on any atom is 0.475 e. The van der Waals surface area contributed by atoms with Crippen LogP contribution < -0.4 is 4.74 Å². The van der Waals surface area contributed by atoms with Crippen LogP contribution in [0.5, 0.6) is 5.75 Å². The number of phosphoric ester groups is 1. The molecule has 0 radical (unpaired) electrons. The quantitative estimate of drug-likeness (QED) is 0.243. The summed E-state index contributed by atoms with van der Waals surface area (Å²) in [5, 5.41) is 1.72. The molecule has 0 unspecified atom stereocenters. The number of methoxy groups -OCH3 is 1. The van der Waals surface area contributed by atoms with Crippen molar-refractivity contribution in [3.05, 3.63) is 77.0 Å².